The van der Waals surface area contributed by atoms with Gasteiger partial charge in [0.05, 0.1) is 23.2 Å². The molecule has 2 unspecified atom stereocenters. The summed E-state index contributed by atoms with van der Waals surface area (Å²) in [5, 5.41) is 13.3. The van der Waals surface area contributed by atoms with E-state index in [-0.39, 0.29) is 12.1 Å². The Morgan fingerprint density at radius 2 is 1.95 bits per heavy atom. The maximum absolute atomic E-state index is 9.93. The number of hydrogen-bond donors (Lipinski definition) is 2. The molecule has 0 fully saturated rings. The molecule has 0 saturated heterocycles. The summed E-state index contributed by atoms with van der Waals surface area (Å²) in [6.45, 7) is 6.93. The molecular formula is C16H25N3O. The van der Waals surface area contributed by atoms with Crippen LogP contribution in [0, 0.1) is 5.92 Å². The van der Waals surface area contributed by atoms with Gasteiger partial charge in [-0.25, -0.2) is 4.98 Å². The van der Waals surface area contributed by atoms with E-state index >= 15 is 0 Å². The van der Waals surface area contributed by atoms with E-state index in [1.165, 1.54) is 0 Å². The van der Waals surface area contributed by atoms with Crippen LogP contribution in [0.4, 0.5) is 0 Å². The lowest BCUT2D eigenvalue weighted by molar-refractivity contribution is 0.142. The van der Waals surface area contributed by atoms with Gasteiger partial charge in [-0.2, -0.15) is 0 Å². The van der Waals surface area contributed by atoms with E-state index in [0.29, 0.717) is 12.5 Å². The minimum atomic E-state index is -0.299. The van der Waals surface area contributed by atoms with Crippen LogP contribution in [-0.4, -0.2) is 27.3 Å². The maximum atomic E-state index is 9.93. The maximum Gasteiger partial charge on any atom is 0.126 e. The Hall–Kier alpha value is -1.39. The zero-order valence-electron chi connectivity index (χ0n) is 12.8. The summed E-state index contributed by atoms with van der Waals surface area (Å²) in [6.07, 6.45) is 0.523. The van der Waals surface area contributed by atoms with Crippen molar-refractivity contribution in [2.75, 3.05) is 6.54 Å². The number of benzene rings is 1. The lowest BCUT2D eigenvalue weighted by Gasteiger charge is -2.18. The van der Waals surface area contributed by atoms with E-state index in [1.807, 2.05) is 25.2 Å². The monoisotopic (exact) mass is 275 g/mol. The Kier molecular flexibility index (Phi) is 4.78. The summed E-state index contributed by atoms with van der Waals surface area (Å²) in [6, 6.07) is 8.25. The van der Waals surface area contributed by atoms with Gasteiger partial charge in [-0.15, -0.1) is 0 Å². The number of para-hydroxylation sites is 2. The van der Waals surface area contributed by atoms with Crippen LogP contribution in [0.5, 0.6) is 0 Å². The second-order valence-corrected chi connectivity index (χ2v) is 5.93. The predicted molar refractivity (Wildman–Crippen MR) is 82.6 cm³/mol. The highest BCUT2D eigenvalue weighted by molar-refractivity contribution is 5.75. The molecule has 0 spiro atoms. The van der Waals surface area contributed by atoms with Crippen LogP contribution >= 0.6 is 0 Å². The molecule has 20 heavy (non-hydrogen) atoms. The number of nitrogens with zero attached hydrogens (tertiary/aromatic N) is 2. The molecule has 1 aromatic heterocycles. The van der Waals surface area contributed by atoms with Crippen LogP contribution in [0.2, 0.25) is 0 Å². The highest BCUT2D eigenvalue weighted by Gasteiger charge is 2.15. The van der Waals surface area contributed by atoms with Crippen LogP contribution in [0.15, 0.2) is 24.3 Å². The number of rotatable bonds is 6. The van der Waals surface area contributed by atoms with Gasteiger partial charge in [0.1, 0.15) is 5.82 Å². The highest BCUT2D eigenvalue weighted by atomic mass is 16.3. The van der Waals surface area contributed by atoms with Gasteiger partial charge in [0.15, 0.2) is 0 Å². The largest absolute Gasteiger partial charge is 0.392 e. The second kappa shape index (κ2) is 6.37. The summed E-state index contributed by atoms with van der Waals surface area (Å²) in [7, 11) is 2.04. The number of aliphatic hydroxyl groups excluding tert-OH is 1. The third-order valence-corrected chi connectivity index (χ3v) is 3.61. The Labute approximate surface area is 120 Å². The third-order valence-electron chi connectivity index (χ3n) is 3.61. The van der Waals surface area contributed by atoms with Gasteiger partial charge in [-0.1, -0.05) is 26.0 Å². The number of aromatic nitrogens is 2. The first kappa shape index (κ1) is 15.0. The Balaban J connectivity index is 2.04. The first-order valence-corrected chi connectivity index (χ1v) is 7.31. The van der Waals surface area contributed by atoms with Crippen LogP contribution in [0.3, 0.4) is 0 Å². The number of aliphatic hydroxyl groups is 1. The van der Waals surface area contributed by atoms with E-state index in [9.17, 15) is 5.11 Å². The first-order valence-electron chi connectivity index (χ1n) is 7.31. The summed E-state index contributed by atoms with van der Waals surface area (Å²) in [5.41, 5.74) is 2.15. The van der Waals surface area contributed by atoms with Gasteiger partial charge in [-0.05, 0) is 31.4 Å². The van der Waals surface area contributed by atoms with E-state index in [1.54, 1.807) is 0 Å². The van der Waals surface area contributed by atoms with Crippen LogP contribution in [0.1, 0.15) is 39.1 Å². The molecule has 2 N–H and O–H groups in total. The molecule has 4 nitrogen and oxygen atoms in total. The molecule has 2 atom stereocenters. The van der Waals surface area contributed by atoms with Crippen molar-refractivity contribution in [1.82, 2.24) is 14.9 Å². The topological polar surface area (TPSA) is 50.1 Å². The third kappa shape index (κ3) is 3.38. The first-order chi connectivity index (χ1) is 9.49. The number of hydrogen-bond acceptors (Lipinski definition) is 3. The number of nitrogens with one attached hydrogen (secondary N) is 1. The molecule has 0 radical (unpaired) electrons. The van der Waals surface area contributed by atoms with Crippen molar-refractivity contribution in [1.29, 1.82) is 0 Å². The molecule has 0 aliphatic heterocycles. The molecular weight excluding hydrogens is 250 g/mol. The average Bonchev–Trinajstić information content (AvgIpc) is 2.73. The van der Waals surface area contributed by atoms with Crippen LogP contribution < -0.4 is 5.32 Å². The molecule has 110 valence electrons. The summed E-state index contributed by atoms with van der Waals surface area (Å²) in [5.74, 6) is 1.51. The standard InChI is InChI=1S/C16H25N3O/c1-11(2)9-13(20)10-17-12(3)16-18-14-7-5-6-8-15(14)19(16)4/h5-8,11-13,17,20H,9-10H2,1-4H3. The van der Waals surface area contributed by atoms with Gasteiger partial charge < -0.3 is 15.0 Å². The lowest BCUT2D eigenvalue weighted by Crippen LogP contribution is -2.31. The van der Waals surface area contributed by atoms with Crippen molar-refractivity contribution in [2.45, 2.75) is 39.3 Å². The molecule has 1 heterocycles. The fourth-order valence-corrected chi connectivity index (χ4v) is 2.58. The fraction of sp³-hybridized carbons (Fsp3) is 0.562. The van der Waals surface area contributed by atoms with Gasteiger partial charge in [0.25, 0.3) is 0 Å². The predicted octanol–water partition coefficient (Wildman–Crippen LogP) is 2.63. The van der Waals surface area contributed by atoms with Crippen LogP contribution in [-0.2, 0) is 7.05 Å². The van der Waals surface area contributed by atoms with Crippen molar-refractivity contribution in [3.8, 4) is 0 Å². The molecule has 0 aliphatic carbocycles. The van der Waals surface area contributed by atoms with Crippen molar-refractivity contribution < 1.29 is 5.11 Å². The minimum absolute atomic E-state index is 0.120. The zero-order chi connectivity index (χ0) is 14.7. The van der Waals surface area contributed by atoms with Crippen LogP contribution in [0.25, 0.3) is 11.0 Å². The Morgan fingerprint density at radius 3 is 2.60 bits per heavy atom. The fourth-order valence-electron chi connectivity index (χ4n) is 2.58. The normalized spacial score (nSPS) is 14.9. The van der Waals surface area contributed by atoms with E-state index in [0.717, 1.165) is 23.3 Å². The Bertz CT molecular complexity index is 562. The quantitative estimate of drug-likeness (QED) is 0.852. The summed E-state index contributed by atoms with van der Waals surface area (Å²) >= 11 is 0. The van der Waals surface area contributed by atoms with Gasteiger partial charge in [-0.3, -0.25) is 0 Å². The van der Waals surface area contributed by atoms with E-state index in [2.05, 4.69) is 41.7 Å². The Morgan fingerprint density at radius 1 is 1.25 bits per heavy atom. The van der Waals surface area contributed by atoms with Gasteiger partial charge in [0.2, 0.25) is 0 Å². The van der Waals surface area contributed by atoms with Gasteiger partial charge >= 0.3 is 0 Å². The summed E-state index contributed by atoms with van der Waals surface area (Å²) in [4.78, 5) is 4.67. The second-order valence-electron chi connectivity index (χ2n) is 5.93. The van der Waals surface area contributed by atoms with Crippen molar-refractivity contribution in [3.63, 3.8) is 0 Å². The molecule has 2 aromatic rings. The molecule has 0 saturated carbocycles. The minimum Gasteiger partial charge on any atom is -0.392 e. The SMILES string of the molecule is CC(C)CC(O)CNC(C)c1nc2ccccc2n1C. The van der Waals surface area contributed by atoms with Crippen molar-refractivity contribution in [3.05, 3.63) is 30.1 Å². The number of aryl methyl sites for hydroxylation is 1. The molecule has 0 bridgehead atoms. The molecule has 2 rings (SSSR count). The molecule has 1 aromatic carbocycles. The smallest absolute Gasteiger partial charge is 0.126 e. The highest BCUT2D eigenvalue weighted by Crippen LogP contribution is 2.19. The number of fused-ring (bicyclic) bond motifs is 1. The zero-order valence-corrected chi connectivity index (χ0v) is 12.8. The molecule has 0 amide bonds. The average molecular weight is 275 g/mol. The summed E-state index contributed by atoms with van der Waals surface area (Å²) < 4.78 is 2.11. The number of imidazole rings is 1. The van der Waals surface area contributed by atoms with Crippen molar-refractivity contribution in [2.24, 2.45) is 13.0 Å². The van der Waals surface area contributed by atoms with E-state index < -0.39 is 0 Å². The molecule has 0 aliphatic rings. The van der Waals surface area contributed by atoms with Gasteiger partial charge in [0, 0.05) is 13.6 Å². The van der Waals surface area contributed by atoms with Crippen molar-refractivity contribution >= 4 is 11.0 Å². The molecule has 4 heteroatoms. The lowest BCUT2D eigenvalue weighted by atomic mass is 10.1. The van der Waals surface area contributed by atoms with E-state index in [4.69, 9.17) is 0 Å².